The third-order valence-corrected chi connectivity index (χ3v) is 3.25. The predicted octanol–water partition coefficient (Wildman–Crippen LogP) is 2.76. The molecule has 0 aromatic heterocycles. The largest absolute Gasteiger partial charge is 0.352 e. The van der Waals surface area contributed by atoms with Crippen molar-refractivity contribution in [1.29, 1.82) is 0 Å². The van der Waals surface area contributed by atoms with Crippen LogP contribution in [0.15, 0.2) is 30.3 Å². The average Bonchev–Trinajstić information content (AvgIpc) is 2.05. The van der Waals surface area contributed by atoms with Crippen LogP contribution in [0.4, 0.5) is 0 Å². The Bertz CT molecular complexity index is 221. The zero-order valence-electron chi connectivity index (χ0n) is 7.82. The van der Waals surface area contributed by atoms with Gasteiger partial charge in [-0.3, -0.25) is 0 Å². The van der Waals surface area contributed by atoms with Crippen molar-refractivity contribution in [3.05, 3.63) is 30.3 Å². The van der Waals surface area contributed by atoms with Crippen molar-refractivity contribution in [2.75, 3.05) is 6.66 Å². The van der Waals surface area contributed by atoms with E-state index in [1.807, 2.05) is 6.07 Å². The van der Waals surface area contributed by atoms with Gasteiger partial charge in [0.15, 0.2) is 0 Å². The molecule has 1 aromatic carbocycles. The molecule has 0 saturated heterocycles. The van der Waals surface area contributed by atoms with Crippen molar-refractivity contribution in [3.8, 4) is 0 Å². The minimum atomic E-state index is -0.415. The van der Waals surface area contributed by atoms with Gasteiger partial charge in [-0.05, 0) is 20.5 Å². The summed E-state index contributed by atoms with van der Waals surface area (Å²) in [7, 11) is -0.415. The molecule has 0 aliphatic carbocycles. The fraction of sp³-hybridized carbons (Fsp3) is 0.400. The second-order valence-electron chi connectivity index (χ2n) is 2.99. The smallest absolute Gasteiger partial charge is 0.0575 e. The lowest BCUT2D eigenvalue weighted by molar-refractivity contribution is 0.276. The molecule has 12 heavy (non-hydrogen) atoms. The molecule has 1 aromatic rings. The van der Waals surface area contributed by atoms with Gasteiger partial charge in [-0.1, -0.05) is 30.3 Å². The Hall–Kier alpha value is -0.390. The van der Waals surface area contributed by atoms with Gasteiger partial charge in [-0.2, -0.15) is 0 Å². The van der Waals surface area contributed by atoms with E-state index >= 15 is 0 Å². The maximum atomic E-state index is 5.70. The van der Waals surface area contributed by atoms with Gasteiger partial charge in [0.05, 0.1) is 14.3 Å². The van der Waals surface area contributed by atoms with E-state index in [1.165, 1.54) is 5.30 Å². The van der Waals surface area contributed by atoms with Crippen LogP contribution >= 0.6 is 8.15 Å². The summed E-state index contributed by atoms with van der Waals surface area (Å²) in [4.78, 5) is 0. The van der Waals surface area contributed by atoms with Gasteiger partial charge in [-0.25, -0.2) is 0 Å². The first-order valence-corrected chi connectivity index (χ1v) is 5.86. The van der Waals surface area contributed by atoms with Crippen LogP contribution in [0.1, 0.15) is 13.8 Å². The van der Waals surface area contributed by atoms with Gasteiger partial charge in [0.25, 0.3) is 0 Å². The highest BCUT2D eigenvalue weighted by atomic mass is 31.1. The fourth-order valence-corrected chi connectivity index (χ4v) is 2.36. The standard InChI is InChI=1S/C10H15OP/c1-9(2)11-12(3)10-7-5-4-6-8-10/h4-9H,1-3H3. The van der Waals surface area contributed by atoms with Gasteiger partial charge >= 0.3 is 0 Å². The van der Waals surface area contributed by atoms with Crippen molar-refractivity contribution < 1.29 is 4.52 Å². The van der Waals surface area contributed by atoms with Gasteiger partial charge in [0.2, 0.25) is 0 Å². The maximum absolute atomic E-state index is 5.70. The average molecular weight is 182 g/mol. The molecule has 1 nitrogen and oxygen atoms in total. The third-order valence-electron chi connectivity index (χ3n) is 1.49. The third kappa shape index (κ3) is 2.92. The first-order valence-electron chi connectivity index (χ1n) is 4.15. The van der Waals surface area contributed by atoms with Crippen molar-refractivity contribution in [2.24, 2.45) is 0 Å². The lowest BCUT2D eigenvalue weighted by Crippen LogP contribution is -2.05. The SMILES string of the molecule is CC(C)OP(C)c1ccccc1. The minimum absolute atomic E-state index is 0.321. The highest BCUT2D eigenvalue weighted by Gasteiger charge is 2.05. The van der Waals surface area contributed by atoms with E-state index in [2.05, 4.69) is 44.8 Å². The summed E-state index contributed by atoms with van der Waals surface area (Å²) in [6, 6.07) is 10.4. The molecule has 0 radical (unpaired) electrons. The molecule has 1 atom stereocenters. The van der Waals surface area contributed by atoms with Crippen LogP contribution in [0.3, 0.4) is 0 Å². The molecule has 0 saturated carbocycles. The van der Waals surface area contributed by atoms with Crippen molar-refractivity contribution in [2.45, 2.75) is 20.0 Å². The minimum Gasteiger partial charge on any atom is -0.352 e. The van der Waals surface area contributed by atoms with Gasteiger partial charge in [0, 0.05) is 5.30 Å². The lowest BCUT2D eigenvalue weighted by atomic mass is 10.4. The lowest BCUT2D eigenvalue weighted by Gasteiger charge is -2.15. The Morgan fingerprint density at radius 2 is 1.75 bits per heavy atom. The number of benzene rings is 1. The highest BCUT2D eigenvalue weighted by molar-refractivity contribution is 7.60. The number of rotatable bonds is 3. The Labute approximate surface area is 75.6 Å². The van der Waals surface area contributed by atoms with Crippen LogP contribution in [0, 0.1) is 0 Å². The van der Waals surface area contributed by atoms with Crippen molar-refractivity contribution in [1.82, 2.24) is 0 Å². The van der Waals surface area contributed by atoms with Crippen LogP contribution in [0.5, 0.6) is 0 Å². The molecule has 1 rings (SSSR count). The van der Waals surface area contributed by atoms with E-state index in [0.717, 1.165) is 0 Å². The van der Waals surface area contributed by atoms with Crippen molar-refractivity contribution >= 4 is 13.5 Å². The van der Waals surface area contributed by atoms with Gasteiger partial charge < -0.3 is 4.52 Å². The van der Waals surface area contributed by atoms with Crippen LogP contribution in [0.25, 0.3) is 0 Å². The molecule has 66 valence electrons. The molecule has 0 N–H and O–H groups in total. The van der Waals surface area contributed by atoms with Crippen LogP contribution in [0.2, 0.25) is 0 Å². The Morgan fingerprint density at radius 1 is 1.17 bits per heavy atom. The molecular weight excluding hydrogens is 167 g/mol. The van der Waals surface area contributed by atoms with E-state index in [1.54, 1.807) is 0 Å². The van der Waals surface area contributed by atoms with E-state index in [0.29, 0.717) is 6.10 Å². The summed E-state index contributed by atoms with van der Waals surface area (Å²) in [5.41, 5.74) is 0. The highest BCUT2D eigenvalue weighted by Crippen LogP contribution is 2.32. The van der Waals surface area contributed by atoms with E-state index in [4.69, 9.17) is 4.52 Å². The van der Waals surface area contributed by atoms with Crippen LogP contribution in [-0.2, 0) is 4.52 Å². The summed E-state index contributed by atoms with van der Waals surface area (Å²) in [6.07, 6.45) is 0.321. The van der Waals surface area contributed by atoms with Crippen LogP contribution in [-0.4, -0.2) is 12.8 Å². The molecule has 0 spiro atoms. The normalized spacial score (nSPS) is 13.3. The molecule has 2 heteroatoms. The molecule has 0 fully saturated rings. The monoisotopic (exact) mass is 182 g/mol. The Morgan fingerprint density at radius 3 is 2.25 bits per heavy atom. The van der Waals surface area contributed by atoms with E-state index in [-0.39, 0.29) is 0 Å². The maximum Gasteiger partial charge on any atom is 0.0575 e. The molecular formula is C10H15OP. The molecule has 1 unspecified atom stereocenters. The molecule has 0 aliphatic rings. The zero-order valence-corrected chi connectivity index (χ0v) is 8.71. The summed E-state index contributed by atoms with van der Waals surface area (Å²) in [6.45, 7) is 6.29. The number of hydrogen-bond donors (Lipinski definition) is 0. The summed E-state index contributed by atoms with van der Waals surface area (Å²) < 4.78 is 5.70. The zero-order chi connectivity index (χ0) is 8.97. The van der Waals surface area contributed by atoms with E-state index < -0.39 is 8.15 Å². The Balaban J connectivity index is 2.59. The molecule has 0 heterocycles. The summed E-state index contributed by atoms with van der Waals surface area (Å²) >= 11 is 0. The first kappa shape index (κ1) is 9.70. The molecule has 0 aliphatic heterocycles. The van der Waals surface area contributed by atoms with Crippen molar-refractivity contribution in [3.63, 3.8) is 0 Å². The molecule has 0 bridgehead atoms. The van der Waals surface area contributed by atoms with Gasteiger partial charge in [-0.15, -0.1) is 0 Å². The summed E-state index contributed by atoms with van der Waals surface area (Å²) in [5, 5.41) is 1.31. The second-order valence-corrected chi connectivity index (χ2v) is 4.71. The Kier molecular flexibility index (Phi) is 3.71. The number of hydrogen-bond acceptors (Lipinski definition) is 1. The van der Waals surface area contributed by atoms with Gasteiger partial charge in [0.1, 0.15) is 0 Å². The van der Waals surface area contributed by atoms with E-state index in [9.17, 15) is 0 Å². The quantitative estimate of drug-likeness (QED) is 0.653. The van der Waals surface area contributed by atoms with Crippen LogP contribution < -0.4 is 5.30 Å². The summed E-state index contributed by atoms with van der Waals surface area (Å²) in [5.74, 6) is 0. The topological polar surface area (TPSA) is 9.23 Å². The fourth-order valence-electron chi connectivity index (χ4n) is 1.02. The molecule has 0 amide bonds. The second kappa shape index (κ2) is 4.59. The predicted molar refractivity (Wildman–Crippen MR) is 55.1 cm³/mol. The first-order chi connectivity index (χ1) is 5.70.